The number of carbonyl (C=O) groups excluding carboxylic acids is 1. The molecule has 2 aliphatic rings. The van der Waals surface area contributed by atoms with Crippen molar-refractivity contribution in [2.24, 2.45) is 5.73 Å². The SMILES string of the molecule is CCN1CCC(F)CC1.NCC(=O)Nc1ccc2c(c1)CCC2. The van der Waals surface area contributed by atoms with Crippen molar-refractivity contribution in [2.75, 3.05) is 31.5 Å². The van der Waals surface area contributed by atoms with Crippen molar-refractivity contribution in [3.63, 3.8) is 0 Å². The van der Waals surface area contributed by atoms with Crippen LogP contribution >= 0.6 is 0 Å². The normalized spacial score (nSPS) is 18.0. The van der Waals surface area contributed by atoms with Crippen molar-refractivity contribution < 1.29 is 9.18 Å². The van der Waals surface area contributed by atoms with Crippen LogP contribution in [0.3, 0.4) is 0 Å². The van der Waals surface area contributed by atoms with Crippen molar-refractivity contribution in [2.45, 2.75) is 45.2 Å². The van der Waals surface area contributed by atoms with E-state index >= 15 is 0 Å². The van der Waals surface area contributed by atoms with Crippen LogP contribution < -0.4 is 11.1 Å². The molecule has 1 fully saturated rings. The van der Waals surface area contributed by atoms with Gasteiger partial charge in [0.2, 0.25) is 5.91 Å². The van der Waals surface area contributed by atoms with Gasteiger partial charge in [-0.2, -0.15) is 0 Å². The molecule has 3 N–H and O–H groups in total. The summed E-state index contributed by atoms with van der Waals surface area (Å²) in [6.45, 7) is 5.15. The Balaban J connectivity index is 0.000000185. The molecule has 5 heteroatoms. The number of aryl methyl sites for hydroxylation is 2. The number of nitrogens with zero attached hydrogens (tertiary/aromatic N) is 1. The molecule has 4 nitrogen and oxygen atoms in total. The lowest BCUT2D eigenvalue weighted by Crippen LogP contribution is -2.33. The smallest absolute Gasteiger partial charge is 0.238 e. The van der Waals surface area contributed by atoms with Crippen molar-refractivity contribution in [1.82, 2.24) is 4.90 Å². The maximum atomic E-state index is 12.5. The van der Waals surface area contributed by atoms with Crippen LogP contribution in [0.15, 0.2) is 18.2 Å². The van der Waals surface area contributed by atoms with Crippen molar-refractivity contribution >= 4 is 11.6 Å². The first-order valence-electron chi connectivity index (χ1n) is 8.60. The number of carbonyl (C=O) groups is 1. The van der Waals surface area contributed by atoms with E-state index in [1.165, 1.54) is 24.0 Å². The molecular formula is C18H28FN3O. The monoisotopic (exact) mass is 321 g/mol. The molecule has 0 saturated carbocycles. The molecule has 1 aliphatic carbocycles. The van der Waals surface area contributed by atoms with Gasteiger partial charge in [-0.05, 0) is 61.9 Å². The van der Waals surface area contributed by atoms with Gasteiger partial charge in [0.05, 0.1) is 6.54 Å². The highest BCUT2D eigenvalue weighted by molar-refractivity contribution is 5.92. The summed E-state index contributed by atoms with van der Waals surface area (Å²) in [5, 5.41) is 2.76. The van der Waals surface area contributed by atoms with E-state index in [4.69, 9.17) is 5.73 Å². The first-order chi connectivity index (χ1) is 11.1. The Labute approximate surface area is 138 Å². The molecule has 0 bridgehead atoms. The summed E-state index contributed by atoms with van der Waals surface area (Å²) >= 11 is 0. The van der Waals surface area contributed by atoms with Gasteiger partial charge < -0.3 is 16.0 Å². The second kappa shape index (κ2) is 8.99. The van der Waals surface area contributed by atoms with Gasteiger partial charge in [-0.25, -0.2) is 4.39 Å². The molecule has 1 amide bonds. The van der Waals surface area contributed by atoms with Gasteiger partial charge in [0, 0.05) is 18.8 Å². The standard InChI is InChI=1S/C11H14N2O.C7H14FN/c12-7-11(14)13-10-5-4-8-2-1-3-9(8)6-10;1-2-9-5-3-7(8)4-6-9/h4-6H,1-3,7,12H2,(H,13,14);7H,2-6H2,1H3. The number of anilines is 1. The van der Waals surface area contributed by atoms with E-state index < -0.39 is 6.17 Å². The third-order valence-corrected chi connectivity index (χ3v) is 4.53. The fourth-order valence-corrected chi connectivity index (χ4v) is 3.08. The molecule has 0 spiro atoms. The zero-order valence-electron chi connectivity index (χ0n) is 14.0. The van der Waals surface area contributed by atoms with Gasteiger partial charge >= 0.3 is 0 Å². The van der Waals surface area contributed by atoms with Gasteiger partial charge in [0.25, 0.3) is 0 Å². The summed E-state index contributed by atoms with van der Waals surface area (Å²) in [6.07, 6.45) is 4.49. The zero-order chi connectivity index (χ0) is 16.7. The van der Waals surface area contributed by atoms with E-state index in [0.29, 0.717) is 0 Å². The van der Waals surface area contributed by atoms with E-state index in [2.05, 4.69) is 29.3 Å². The molecule has 1 heterocycles. The summed E-state index contributed by atoms with van der Waals surface area (Å²) < 4.78 is 12.5. The van der Waals surface area contributed by atoms with Crippen molar-refractivity contribution in [3.8, 4) is 0 Å². The summed E-state index contributed by atoms with van der Waals surface area (Å²) in [5.41, 5.74) is 8.86. The molecule has 0 atom stereocenters. The molecule has 23 heavy (non-hydrogen) atoms. The molecule has 1 aromatic carbocycles. The Morgan fingerprint density at radius 3 is 2.65 bits per heavy atom. The first-order valence-corrected chi connectivity index (χ1v) is 8.60. The van der Waals surface area contributed by atoms with E-state index in [9.17, 15) is 9.18 Å². The highest BCUT2D eigenvalue weighted by Gasteiger charge is 2.16. The van der Waals surface area contributed by atoms with Crippen LogP contribution in [0.4, 0.5) is 10.1 Å². The Hall–Kier alpha value is -1.46. The van der Waals surface area contributed by atoms with Gasteiger partial charge in [0.15, 0.2) is 0 Å². The van der Waals surface area contributed by atoms with E-state index in [1.807, 2.05) is 6.07 Å². The van der Waals surface area contributed by atoms with Crippen LogP contribution in [0, 0.1) is 0 Å². The fourth-order valence-electron chi connectivity index (χ4n) is 3.08. The molecule has 128 valence electrons. The largest absolute Gasteiger partial charge is 0.325 e. The first kappa shape index (κ1) is 17.9. The number of benzene rings is 1. The zero-order valence-corrected chi connectivity index (χ0v) is 14.0. The second-order valence-electron chi connectivity index (χ2n) is 6.20. The van der Waals surface area contributed by atoms with Crippen LogP contribution in [0.5, 0.6) is 0 Å². The molecule has 3 rings (SSSR count). The highest BCUT2D eigenvalue weighted by atomic mass is 19.1. The second-order valence-corrected chi connectivity index (χ2v) is 6.20. The van der Waals surface area contributed by atoms with Crippen molar-refractivity contribution in [3.05, 3.63) is 29.3 Å². The van der Waals surface area contributed by atoms with Crippen LogP contribution in [0.2, 0.25) is 0 Å². The number of rotatable bonds is 3. The number of alkyl halides is 1. The quantitative estimate of drug-likeness (QED) is 0.899. The van der Waals surface area contributed by atoms with Crippen molar-refractivity contribution in [1.29, 1.82) is 0 Å². The number of piperidine rings is 1. The van der Waals surface area contributed by atoms with Gasteiger partial charge in [-0.1, -0.05) is 13.0 Å². The molecule has 0 unspecified atom stereocenters. The minimum atomic E-state index is -0.521. The van der Waals surface area contributed by atoms with Gasteiger partial charge in [-0.3, -0.25) is 4.79 Å². The molecule has 1 aliphatic heterocycles. The van der Waals surface area contributed by atoms with Crippen LogP contribution in [-0.4, -0.2) is 43.2 Å². The number of amides is 1. The highest BCUT2D eigenvalue weighted by Crippen LogP contribution is 2.24. The maximum absolute atomic E-state index is 12.5. The lowest BCUT2D eigenvalue weighted by molar-refractivity contribution is -0.114. The number of likely N-dealkylation sites (tertiary alicyclic amines) is 1. The molecular weight excluding hydrogens is 293 g/mol. The molecule has 0 radical (unpaired) electrons. The topological polar surface area (TPSA) is 58.4 Å². The Morgan fingerprint density at radius 2 is 2.00 bits per heavy atom. The number of halogens is 1. The van der Waals surface area contributed by atoms with Crippen LogP contribution in [0.25, 0.3) is 0 Å². The average Bonchev–Trinajstić information content (AvgIpc) is 3.04. The lowest BCUT2D eigenvalue weighted by atomic mass is 10.1. The number of nitrogens with one attached hydrogen (secondary N) is 1. The molecule has 0 aromatic heterocycles. The summed E-state index contributed by atoms with van der Waals surface area (Å²) in [4.78, 5) is 13.3. The number of fused-ring (bicyclic) bond motifs is 1. The van der Waals surface area contributed by atoms with Gasteiger partial charge in [0.1, 0.15) is 6.17 Å². The minimum absolute atomic E-state index is 0.0388. The number of hydrogen-bond donors (Lipinski definition) is 2. The van der Waals surface area contributed by atoms with E-state index in [0.717, 1.165) is 44.6 Å². The van der Waals surface area contributed by atoms with E-state index in [-0.39, 0.29) is 12.5 Å². The third-order valence-electron chi connectivity index (χ3n) is 4.53. The summed E-state index contributed by atoms with van der Waals surface area (Å²) in [5.74, 6) is -0.136. The molecule has 1 aromatic rings. The lowest BCUT2D eigenvalue weighted by Gasteiger charge is -2.26. The fraction of sp³-hybridized carbons (Fsp3) is 0.611. The number of nitrogens with two attached hydrogens (primary N) is 1. The minimum Gasteiger partial charge on any atom is -0.325 e. The Kier molecular flexibility index (Phi) is 6.99. The van der Waals surface area contributed by atoms with Gasteiger partial charge in [-0.15, -0.1) is 0 Å². The average molecular weight is 321 g/mol. The molecule has 1 saturated heterocycles. The predicted octanol–water partition coefficient (Wildman–Crippen LogP) is 2.51. The summed E-state index contributed by atoms with van der Waals surface area (Å²) in [6, 6.07) is 6.09. The summed E-state index contributed by atoms with van der Waals surface area (Å²) in [7, 11) is 0. The Morgan fingerprint density at radius 1 is 1.30 bits per heavy atom. The maximum Gasteiger partial charge on any atom is 0.238 e. The van der Waals surface area contributed by atoms with Crippen LogP contribution in [-0.2, 0) is 17.6 Å². The third kappa shape index (κ3) is 5.59. The van der Waals surface area contributed by atoms with Crippen LogP contribution in [0.1, 0.15) is 37.3 Å². The van der Waals surface area contributed by atoms with E-state index in [1.54, 1.807) is 0 Å². The Bertz CT molecular complexity index is 513. The number of hydrogen-bond acceptors (Lipinski definition) is 3. The predicted molar refractivity (Wildman–Crippen MR) is 92.4 cm³/mol.